The highest BCUT2D eigenvalue weighted by Gasteiger charge is 2.15. The summed E-state index contributed by atoms with van der Waals surface area (Å²) in [5.74, 6) is 0. The van der Waals surface area contributed by atoms with Gasteiger partial charge in [-0.2, -0.15) is 5.10 Å². The van der Waals surface area contributed by atoms with E-state index >= 15 is 0 Å². The zero-order chi connectivity index (χ0) is 15.0. The molecule has 4 nitrogen and oxygen atoms in total. The second-order valence-electron chi connectivity index (χ2n) is 5.28. The summed E-state index contributed by atoms with van der Waals surface area (Å²) in [5.41, 5.74) is 4.37. The van der Waals surface area contributed by atoms with E-state index < -0.39 is 0 Å². The van der Waals surface area contributed by atoms with Gasteiger partial charge in [-0.15, -0.1) is 0 Å². The zero-order valence-electron chi connectivity index (χ0n) is 12.5. The van der Waals surface area contributed by atoms with Crippen LogP contribution in [0.25, 0.3) is 10.9 Å². The number of aryl methyl sites for hydroxylation is 2. The largest absolute Gasteiger partial charge is 0.337 e. The summed E-state index contributed by atoms with van der Waals surface area (Å²) in [4.78, 5) is 0. The zero-order valence-corrected chi connectivity index (χ0v) is 13.3. The minimum Gasteiger partial charge on any atom is -0.337 e. The Bertz CT molecular complexity index is 785. The van der Waals surface area contributed by atoms with E-state index in [0.717, 1.165) is 29.5 Å². The van der Waals surface area contributed by atoms with E-state index in [-0.39, 0.29) is 0 Å². The van der Waals surface area contributed by atoms with Crippen molar-refractivity contribution in [3.63, 3.8) is 0 Å². The van der Waals surface area contributed by atoms with Crippen LogP contribution in [0.5, 0.6) is 0 Å². The molecule has 3 rings (SSSR count). The van der Waals surface area contributed by atoms with Crippen molar-refractivity contribution in [2.45, 2.75) is 20.0 Å². The van der Waals surface area contributed by atoms with Crippen LogP contribution in [0.1, 0.15) is 17.1 Å². The molecule has 0 aliphatic carbocycles. The Morgan fingerprint density at radius 3 is 2.71 bits per heavy atom. The molecule has 0 fully saturated rings. The fourth-order valence-corrected chi connectivity index (χ4v) is 3.00. The van der Waals surface area contributed by atoms with Gasteiger partial charge >= 0.3 is 0 Å². The average Bonchev–Trinajstić information content (AvgIpc) is 2.92. The topological polar surface area (TPSA) is 34.8 Å². The van der Waals surface area contributed by atoms with Crippen molar-refractivity contribution in [1.29, 1.82) is 0 Å². The number of halogens is 1. The third-order valence-corrected chi connectivity index (χ3v) is 4.32. The number of rotatable bonds is 4. The van der Waals surface area contributed by atoms with E-state index in [2.05, 4.69) is 45.3 Å². The van der Waals surface area contributed by atoms with Crippen molar-refractivity contribution < 1.29 is 0 Å². The van der Waals surface area contributed by atoms with Crippen LogP contribution in [-0.2, 0) is 20.1 Å². The fourth-order valence-electron chi connectivity index (χ4n) is 2.78. The average molecular weight is 303 g/mol. The Kier molecular flexibility index (Phi) is 3.74. The van der Waals surface area contributed by atoms with Gasteiger partial charge < -0.3 is 9.88 Å². The molecule has 2 aromatic heterocycles. The standard InChI is InChI=1S/C16H19ClN4/c1-11-16(17)15(20(3)19-11)10-21-13(9-18-2)8-12-6-4-5-7-14(12)21/h4-8,18H,9-10H2,1-3H3. The smallest absolute Gasteiger partial charge is 0.0865 e. The van der Waals surface area contributed by atoms with Gasteiger partial charge in [-0.25, -0.2) is 0 Å². The molecule has 0 radical (unpaired) electrons. The van der Waals surface area contributed by atoms with Crippen molar-refractivity contribution in [3.8, 4) is 0 Å². The van der Waals surface area contributed by atoms with E-state index in [1.165, 1.54) is 16.6 Å². The number of nitrogens with one attached hydrogen (secondary N) is 1. The molecule has 0 bridgehead atoms. The second-order valence-corrected chi connectivity index (χ2v) is 5.66. The molecule has 0 spiro atoms. The summed E-state index contributed by atoms with van der Waals surface area (Å²) in [6, 6.07) is 10.6. The first kappa shape index (κ1) is 14.2. The minimum absolute atomic E-state index is 0.723. The van der Waals surface area contributed by atoms with Gasteiger partial charge in [-0.3, -0.25) is 4.68 Å². The van der Waals surface area contributed by atoms with E-state index in [9.17, 15) is 0 Å². The lowest BCUT2D eigenvalue weighted by atomic mass is 10.2. The lowest BCUT2D eigenvalue weighted by molar-refractivity contribution is 0.646. The van der Waals surface area contributed by atoms with Crippen LogP contribution in [0.3, 0.4) is 0 Å². The molecule has 1 N–H and O–H groups in total. The SMILES string of the molecule is CNCc1cc2ccccc2n1Cc1c(Cl)c(C)nn1C. The molecular formula is C16H19ClN4. The van der Waals surface area contributed by atoms with Crippen LogP contribution in [0.4, 0.5) is 0 Å². The molecule has 0 amide bonds. The highest BCUT2D eigenvalue weighted by atomic mass is 35.5. The maximum absolute atomic E-state index is 6.40. The van der Waals surface area contributed by atoms with Crippen LogP contribution >= 0.6 is 11.6 Å². The highest BCUT2D eigenvalue weighted by molar-refractivity contribution is 6.31. The highest BCUT2D eigenvalue weighted by Crippen LogP contribution is 2.25. The first-order valence-corrected chi connectivity index (χ1v) is 7.39. The van der Waals surface area contributed by atoms with Gasteiger partial charge in [-0.1, -0.05) is 29.8 Å². The fraction of sp³-hybridized carbons (Fsp3) is 0.312. The van der Waals surface area contributed by atoms with E-state index in [1.807, 2.05) is 25.7 Å². The molecule has 0 atom stereocenters. The molecule has 110 valence electrons. The molecule has 0 aliphatic rings. The van der Waals surface area contributed by atoms with Crippen molar-refractivity contribution in [2.75, 3.05) is 7.05 Å². The van der Waals surface area contributed by atoms with E-state index in [1.54, 1.807) is 0 Å². The summed E-state index contributed by atoms with van der Waals surface area (Å²) in [5, 5.41) is 9.64. The Balaban J connectivity index is 2.12. The summed E-state index contributed by atoms with van der Waals surface area (Å²) in [7, 11) is 3.90. The quantitative estimate of drug-likeness (QED) is 0.803. The third kappa shape index (κ3) is 2.45. The molecule has 21 heavy (non-hydrogen) atoms. The maximum atomic E-state index is 6.40. The lowest BCUT2D eigenvalue weighted by Gasteiger charge is -2.11. The molecule has 1 aromatic carbocycles. The van der Waals surface area contributed by atoms with Gasteiger partial charge in [0, 0.05) is 24.8 Å². The molecule has 5 heteroatoms. The summed E-state index contributed by atoms with van der Waals surface area (Å²) in [6.45, 7) is 3.48. The molecule has 0 unspecified atom stereocenters. The number of hydrogen-bond donors (Lipinski definition) is 1. The third-order valence-electron chi connectivity index (χ3n) is 3.82. The van der Waals surface area contributed by atoms with Crippen molar-refractivity contribution in [2.24, 2.45) is 7.05 Å². The Hall–Kier alpha value is -1.78. The normalized spacial score (nSPS) is 11.4. The Labute approximate surface area is 129 Å². The van der Waals surface area contributed by atoms with Crippen molar-refractivity contribution in [1.82, 2.24) is 19.7 Å². The summed E-state index contributed by atoms with van der Waals surface area (Å²) in [6.07, 6.45) is 0. The van der Waals surface area contributed by atoms with Gasteiger partial charge in [0.05, 0.1) is 23.0 Å². The number of hydrogen-bond acceptors (Lipinski definition) is 2. The molecule has 0 saturated carbocycles. The van der Waals surface area contributed by atoms with Gasteiger partial charge in [0.15, 0.2) is 0 Å². The number of aromatic nitrogens is 3. The number of fused-ring (bicyclic) bond motifs is 1. The second kappa shape index (κ2) is 5.54. The Morgan fingerprint density at radius 1 is 1.29 bits per heavy atom. The first-order valence-electron chi connectivity index (χ1n) is 7.01. The molecular weight excluding hydrogens is 284 g/mol. The van der Waals surface area contributed by atoms with Gasteiger partial charge in [0.2, 0.25) is 0 Å². The number of benzene rings is 1. The summed E-state index contributed by atoms with van der Waals surface area (Å²) < 4.78 is 4.17. The predicted molar refractivity (Wildman–Crippen MR) is 86.8 cm³/mol. The van der Waals surface area contributed by atoms with Crippen LogP contribution in [0.2, 0.25) is 5.02 Å². The van der Waals surface area contributed by atoms with E-state index in [0.29, 0.717) is 0 Å². The minimum atomic E-state index is 0.723. The van der Waals surface area contributed by atoms with Crippen molar-refractivity contribution in [3.05, 3.63) is 52.4 Å². The van der Waals surface area contributed by atoms with Gasteiger partial charge in [0.25, 0.3) is 0 Å². The summed E-state index contributed by atoms with van der Waals surface area (Å²) >= 11 is 6.40. The van der Waals surface area contributed by atoms with Crippen LogP contribution in [-0.4, -0.2) is 21.4 Å². The lowest BCUT2D eigenvalue weighted by Crippen LogP contribution is -2.13. The molecule has 2 heterocycles. The van der Waals surface area contributed by atoms with Gasteiger partial charge in [0.1, 0.15) is 0 Å². The molecule has 0 saturated heterocycles. The van der Waals surface area contributed by atoms with Crippen LogP contribution in [0, 0.1) is 6.92 Å². The predicted octanol–water partition coefficient (Wildman–Crippen LogP) is 3.10. The van der Waals surface area contributed by atoms with Gasteiger partial charge in [-0.05, 0) is 31.5 Å². The molecule has 0 aliphatic heterocycles. The van der Waals surface area contributed by atoms with Crippen LogP contribution in [0.15, 0.2) is 30.3 Å². The first-order chi connectivity index (χ1) is 10.1. The van der Waals surface area contributed by atoms with E-state index in [4.69, 9.17) is 11.6 Å². The maximum Gasteiger partial charge on any atom is 0.0865 e. The molecule has 3 aromatic rings. The van der Waals surface area contributed by atoms with Crippen molar-refractivity contribution >= 4 is 22.5 Å². The number of nitrogens with zero attached hydrogens (tertiary/aromatic N) is 3. The monoisotopic (exact) mass is 302 g/mol. The Morgan fingerprint density at radius 2 is 2.05 bits per heavy atom. The van der Waals surface area contributed by atoms with Crippen LogP contribution < -0.4 is 5.32 Å². The number of para-hydroxylation sites is 1.